The molecular formula is C29H32N2O6. The highest BCUT2D eigenvalue weighted by Gasteiger charge is 2.08. The van der Waals surface area contributed by atoms with E-state index in [0.29, 0.717) is 49.8 Å². The Morgan fingerprint density at radius 2 is 1.57 bits per heavy atom. The van der Waals surface area contributed by atoms with Crippen LogP contribution in [0.4, 0.5) is 0 Å². The van der Waals surface area contributed by atoms with Gasteiger partial charge in [0.05, 0.1) is 38.4 Å². The van der Waals surface area contributed by atoms with Crippen molar-refractivity contribution in [1.29, 1.82) is 0 Å². The Morgan fingerprint density at radius 3 is 2.32 bits per heavy atom. The van der Waals surface area contributed by atoms with Crippen molar-refractivity contribution in [3.8, 4) is 17.1 Å². The lowest BCUT2D eigenvalue weighted by Crippen LogP contribution is -2.31. The number of ether oxygens (including phenoxy) is 3. The Balaban J connectivity index is 1.20. The number of para-hydroxylation sites is 1. The van der Waals surface area contributed by atoms with Crippen LogP contribution in [0.2, 0.25) is 0 Å². The van der Waals surface area contributed by atoms with Gasteiger partial charge in [0.2, 0.25) is 0 Å². The molecule has 8 nitrogen and oxygen atoms in total. The molecule has 0 aliphatic carbocycles. The van der Waals surface area contributed by atoms with Crippen LogP contribution >= 0.6 is 0 Å². The molecule has 0 aliphatic heterocycles. The summed E-state index contributed by atoms with van der Waals surface area (Å²) < 4.78 is 22.9. The molecule has 0 unspecified atom stereocenters. The first kappa shape index (κ1) is 26.5. The minimum absolute atomic E-state index is 0.0238. The van der Waals surface area contributed by atoms with Gasteiger partial charge in [-0.1, -0.05) is 12.1 Å². The summed E-state index contributed by atoms with van der Waals surface area (Å²) in [5.74, 6) is 1.24. The largest absolute Gasteiger partial charge is 0.491 e. The molecule has 4 aromatic rings. The van der Waals surface area contributed by atoms with Crippen molar-refractivity contribution in [2.24, 2.45) is 0 Å². The van der Waals surface area contributed by atoms with E-state index in [2.05, 4.69) is 9.88 Å². The fourth-order valence-electron chi connectivity index (χ4n) is 3.85. The molecule has 0 radical (unpaired) electrons. The van der Waals surface area contributed by atoms with E-state index in [1.54, 1.807) is 24.5 Å². The first-order valence-electron chi connectivity index (χ1n) is 12.4. The molecular weight excluding hydrogens is 472 g/mol. The van der Waals surface area contributed by atoms with Gasteiger partial charge in [0.15, 0.2) is 5.43 Å². The number of hydrogen-bond acceptors (Lipinski definition) is 8. The summed E-state index contributed by atoms with van der Waals surface area (Å²) in [5, 5.41) is 9.46. The van der Waals surface area contributed by atoms with E-state index in [4.69, 9.17) is 23.7 Å². The highest BCUT2D eigenvalue weighted by molar-refractivity contribution is 5.78. The number of pyridine rings is 1. The molecule has 8 heteroatoms. The second-order valence-corrected chi connectivity index (χ2v) is 8.42. The number of nitrogens with zero attached hydrogens (tertiary/aromatic N) is 2. The Labute approximate surface area is 216 Å². The van der Waals surface area contributed by atoms with Gasteiger partial charge in [-0.15, -0.1) is 0 Å². The van der Waals surface area contributed by atoms with Crippen LogP contribution in [-0.4, -0.2) is 67.7 Å². The first-order valence-corrected chi connectivity index (χ1v) is 12.4. The fraction of sp³-hybridized carbons (Fsp3) is 0.310. The molecule has 37 heavy (non-hydrogen) atoms. The van der Waals surface area contributed by atoms with E-state index >= 15 is 0 Å². The van der Waals surface area contributed by atoms with Gasteiger partial charge in [-0.05, 0) is 54.1 Å². The number of rotatable bonds is 15. The highest BCUT2D eigenvalue weighted by atomic mass is 16.5. The zero-order valence-electron chi connectivity index (χ0n) is 20.8. The molecule has 0 saturated carbocycles. The Kier molecular flexibility index (Phi) is 10.2. The summed E-state index contributed by atoms with van der Waals surface area (Å²) in [4.78, 5) is 18.7. The average Bonchev–Trinajstić information content (AvgIpc) is 2.93. The standard InChI is InChI=1S/C29H32N2O6/c32-15-18-34-16-13-31(22-23-9-11-30-12-10-23)14-17-35-19-20-36-25-7-5-24(6-8-25)29-21-27(33)26-3-1-2-4-28(26)37-29/h1-12,21,32H,13-20,22H2. The predicted molar refractivity (Wildman–Crippen MR) is 142 cm³/mol. The molecule has 0 spiro atoms. The smallest absolute Gasteiger partial charge is 0.193 e. The van der Waals surface area contributed by atoms with Crippen molar-refractivity contribution in [2.75, 3.05) is 52.7 Å². The summed E-state index contributed by atoms with van der Waals surface area (Å²) >= 11 is 0. The van der Waals surface area contributed by atoms with Crippen LogP contribution in [0.5, 0.6) is 5.75 Å². The Bertz CT molecular complexity index is 1280. The van der Waals surface area contributed by atoms with Gasteiger partial charge in [-0.25, -0.2) is 0 Å². The molecule has 1 N–H and O–H groups in total. The molecule has 0 aliphatic rings. The van der Waals surface area contributed by atoms with E-state index < -0.39 is 0 Å². The lowest BCUT2D eigenvalue weighted by atomic mass is 10.1. The normalized spacial score (nSPS) is 11.3. The van der Waals surface area contributed by atoms with Crippen molar-refractivity contribution >= 4 is 11.0 Å². The van der Waals surface area contributed by atoms with Gasteiger partial charge in [-0.3, -0.25) is 14.7 Å². The summed E-state index contributed by atoms with van der Waals surface area (Å²) in [6.07, 6.45) is 3.57. The minimum atomic E-state index is -0.0636. The minimum Gasteiger partial charge on any atom is -0.491 e. The zero-order valence-corrected chi connectivity index (χ0v) is 20.8. The third-order valence-corrected chi connectivity index (χ3v) is 5.76. The quantitative estimate of drug-likeness (QED) is 0.245. The van der Waals surface area contributed by atoms with Gasteiger partial charge in [0.25, 0.3) is 0 Å². The van der Waals surface area contributed by atoms with E-state index in [9.17, 15) is 4.79 Å². The van der Waals surface area contributed by atoms with Gasteiger partial charge in [0, 0.05) is 43.7 Å². The zero-order chi connectivity index (χ0) is 25.7. The Hall–Kier alpha value is -3.56. The molecule has 2 aromatic heterocycles. The van der Waals surface area contributed by atoms with Crippen LogP contribution in [0.1, 0.15) is 5.56 Å². The van der Waals surface area contributed by atoms with Gasteiger partial charge in [-0.2, -0.15) is 0 Å². The van der Waals surface area contributed by atoms with Crippen molar-refractivity contribution in [3.05, 3.63) is 94.9 Å². The first-order chi connectivity index (χ1) is 18.2. The lowest BCUT2D eigenvalue weighted by molar-refractivity contribution is 0.0508. The van der Waals surface area contributed by atoms with Crippen LogP contribution in [0.3, 0.4) is 0 Å². The lowest BCUT2D eigenvalue weighted by Gasteiger charge is -2.22. The Morgan fingerprint density at radius 1 is 0.838 bits per heavy atom. The molecule has 194 valence electrons. The molecule has 4 rings (SSSR count). The topological polar surface area (TPSA) is 94.3 Å². The van der Waals surface area contributed by atoms with Gasteiger partial charge >= 0.3 is 0 Å². The maximum absolute atomic E-state index is 12.4. The fourth-order valence-corrected chi connectivity index (χ4v) is 3.85. The van der Waals surface area contributed by atoms with Crippen LogP contribution in [0.15, 0.2) is 88.3 Å². The number of hydrogen-bond donors (Lipinski definition) is 1. The van der Waals surface area contributed by atoms with Crippen molar-refractivity contribution in [2.45, 2.75) is 6.54 Å². The average molecular weight is 505 g/mol. The summed E-state index contributed by atoms with van der Waals surface area (Å²) in [7, 11) is 0. The molecule has 0 bridgehead atoms. The van der Waals surface area contributed by atoms with Crippen LogP contribution in [0.25, 0.3) is 22.3 Å². The molecule has 0 amide bonds. The highest BCUT2D eigenvalue weighted by Crippen LogP contribution is 2.24. The predicted octanol–water partition coefficient (Wildman–Crippen LogP) is 3.76. The van der Waals surface area contributed by atoms with Gasteiger partial charge < -0.3 is 23.7 Å². The molecule has 0 atom stereocenters. The maximum atomic E-state index is 12.4. The third-order valence-electron chi connectivity index (χ3n) is 5.76. The summed E-state index contributed by atoms with van der Waals surface area (Å²) in [6, 6.07) is 20.2. The number of fused-ring (bicyclic) bond motifs is 1. The second-order valence-electron chi connectivity index (χ2n) is 8.42. The molecule has 0 saturated heterocycles. The second kappa shape index (κ2) is 14.2. The summed E-state index contributed by atoms with van der Waals surface area (Å²) in [6.45, 7) is 4.63. The number of aliphatic hydroxyl groups is 1. The third kappa shape index (κ3) is 8.23. The van der Waals surface area contributed by atoms with E-state index in [-0.39, 0.29) is 12.0 Å². The number of aromatic nitrogens is 1. The van der Waals surface area contributed by atoms with E-state index in [1.807, 2.05) is 48.5 Å². The van der Waals surface area contributed by atoms with E-state index in [1.165, 1.54) is 11.6 Å². The van der Waals surface area contributed by atoms with Crippen molar-refractivity contribution < 1.29 is 23.7 Å². The number of aliphatic hydroxyl groups excluding tert-OH is 1. The monoisotopic (exact) mass is 504 g/mol. The molecule has 2 heterocycles. The molecule has 0 fully saturated rings. The van der Waals surface area contributed by atoms with Crippen molar-refractivity contribution in [3.63, 3.8) is 0 Å². The SMILES string of the molecule is O=c1cc(-c2ccc(OCCOCCN(CCOCCO)Cc3ccncc3)cc2)oc2ccccc12. The van der Waals surface area contributed by atoms with Crippen molar-refractivity contribution in [1.82, 2.24) is 9.88 Å². The molecule has 2 aromatic carbocycles. The summed E-state index contributed by atoms with van der Waals surface area (Å²) in [5.41, 5.74) is 2.49. The van der Waals surface area contributed by atoms with Crippen LogP contribution in [-0.2, 0) is 16.0 Å². The van der Waals surface area contributed by atoms with Gasteiger partial charge in [0.1, 0.15) is 23.7 Å². The van der Waals surface area contributed by atoms with E-state index in [0.717, 1.165) is 30.9 Å². The maximum Gasteiger partial charge on any atom is 0.193 e. The van der Waals surface area contributed by atoms with Crippen LogP contribution in [0, 0.1) is 0 Å². The number of benzene rings is 2. The van der Waals surface area contributed by atoms with Crippen LogP contribution < -0.4 is 10.2 Å².